The first-order valence-corrected chi connectivity index (χ1v) is 7.79. The molecule has 0 bridgehead atoms. The zero-order valence-electron chi connectivity index (χ0n) is 13.3. The zero-order valence-corrected chi connectivity index (χ0v) is 13.3. The van der Waals surface area contributed by atoms with Crippen molar-refractivity contribution in [3.63, 3.8) is 0 Å². The summed E-state index contributed by atoms with van der Waals surface area (Å²) in [6, 6.07) is 5.80. The Labute approximate surface area is 138 Å². The number of rotatable bonds is 4. The summed E-state index contributed by atoms with van der Waals surface area (Å²) in [6.45, 7) is 2.91. The van der Waals surface area contributed by atoms with Gasteiger partial charge in [0, 0.05) is 44.2 Å². The Bertz CT molecular complexity index is 828. The third kappa shape index (κ3) is 2.74. The Morgan fingerprint density at radius 3 is 2.67 bits per heavy atom. The number of hydrogen-bond donors (Lipinski definition) is 2. The molecule has 0 aliphatic carbocycles. The molecule has 0 radical (unpaired) electrons. The van der Waals surface area contributed by atoms with Crippen molar-refractivity contribution in [1.82, 2.24) is 30.0 Å². The lowest BCUT2D eigenvalue weighted by atomic mass is 10.2. The number of anilines is 2. The van der Waals surface area contributed by atoms with E-state index in [0.717, 1.165) is 35.9 Å². The molecule has 0 unspecified atom stereocenters. The molecule has 0 spiro atoms. The van der Waals surface area contributed by atoms with Gasteiger partial charge in [-0.3, -0.25) is 10.4 Å². The molecule has 24 heavy (non-hydrogen) atoms. The van der Waals surface area contributed by atoms with Gasteiger partial charge >= 0.3 is 0 Å². The second kappa shape index (κ2) is 6.38. The topological polar surface area (TPSA) is 92.5 Å². The van der Waals surface area contributed by atoms with Crippen LogP contribution >= 0.6 is 0 Å². The maximum Gasteiger partial charge on any atom is 0.242 e. The van der Waals surface area contributed by atoms with Gasteiger partial charge in [-0.1, -0.05) is 0 Å². The molecule has 3 aromatic heterocycles. The van der Waals surface area contributed by atoms with Gasteiger partial charge in [-0.05, 0) is 12.1 Å². The van der Waals surface area contributed by atoms with Crippen molar-refractivity contribution in [3.8, 4) is 11.3 Å². The van der Waals surface area contributed by atoms with Crippen molar-refractivity contribution in [2.75, 3.05) is 43.7 Å². The number of aromatic nitrogens is 5. The lowest BCUT2D eigenvalue weighted by Gasteiger charge is -2.27. The van der Waals surface area contributed by atoms with Crippen molar-refractivity contribution in [3.05, 3.63) is 30.6 Å². The van der Waals surface area contributed by atoms with Gasteiger partial charge in [-0.2, -0.15) is 19.6 Å². The summed E-state index contributed by atoms with van der Waals surface area (Å²) in [5.74, 6) is 1.26. The Morgan fingerprint density at radius 1 is 1.12 bits per heavy atom. The highest BCUT2D eigenvalue weighted by molar-refractivity contribution is 5.65. The van der Waals surface area contributed by atoms with Crippen LogP contribution in [0.15, 0.2) is 30.6 Å². The van der Waals surface area contributed by atoms with Crippen LogP contribution < -0.4 is 15.8 Å². The summed E-state index contributed by atoms with van der Waals surface area (Å²) in [4.78, 5) is 15.3. The number of hydrogen-bond acceptors (Lipinski definition) is 8. The predicted octanol–water partition coefficient (Wildman–Crippen LogP) is 0.569. The molecule has 9 nitrogen and oxygen atoms in total. The molecule has 4 heterocycles. The first-order chi connectivity index (χ1) is 11.8. The fraction of sp³-hybridized carbons (Fsp3) is 0.333. The molecule has 9 heteroatoms. The van der Waals surface area contributed by atoms with Gasteiger partial charge in [0.05, 0.1) is 18.9 Å². The van der Waals surface area contributed by atoms with Gasteiger partial charge in [0.15, 0.2) is 5.65 Å². The molecule has 1 aliphatic rings. The molecule has 124 valence electrons. The number of nitrogens with zero attached hydrogens (tertiary/aromatic N) is 6. The average molecular weight is 326 g/mol. The molecule has 4 rings (SSSR count). The van der Waals surface area contributed by atoms with Crippen molar-refractivity contribution < 1.29 is 4.74 Å². The van der Waals surface area contributed by atoms with Crippen LogP contribution in [-0.4, -0.2) is 57.9 Å². The maximum atomic E-state index is 5.44. The minimum atomic E-state index is 0.507. The van der Waals surface area contributed by atoms with Crippen LogP contribution in [0.3, 0.4) is 0 Å². The number of nitrogens with one attached hydrogen (secondary N) is 2. The quantitative estimate of drug-likeness (QED) is 0.672. The van der Waals surface area contributed by atoms with Gasteiger partial charge < -0.3 is 9.64 Å². The van der Waals surface area contributed by atoms with Crippen LogP contribution in [0, 0.1) is 0 Å². The van der Waals surface area contributed by atoms with Crippen LogP contribution in [-0.2, 0) is 4.74 Å². The summed E-state index contributed by atoms with van der Waals surface area (Å²) < 4.78 is 7.22. The first-order valence-electron chi connectivity index (χ1n) is 7.79. The molecule has 1 saturated heterocycles. The lowest BCUT2D eigenvalue weighted by molar-refractivity contribution is 0.122. The van der Waals surface area contributed by atoms with Gasteiger partial charge in [0.25, 0.3) is 0 Å². The van der Waals surface area contributed by atoms with E-state index in [1.165, 1.54) is 0 Å². The van der Waals surface area contributed by atoms with Crippen LogP contribution in [0.25, 0.3) is 16.9 Å². The van der Waals surface area contributed by atoms with Crippen molar-refractivity contribution >= 4 is 17.5 Å². The van der Waals surface area contributed by atoms with E-state index in [4.69, 9.17) is 9.84 Å². The van der Waals surface area contributed by atoms with Crippen LogP contribution in [0.4, 0.5) is 11.9 Å². The van der Waals surface area contributed by atoms with Crippen LogP contribution in [0.2, 0.25) is 0 Å². The highest BCUT2D eigenvalue weighted by atomic mass is 16.5. The zero-order chi connectivity index (χ0) is 16.4. The number of hydrazine groups is 1. The maximum absolute atomic E-state index is 5.44. The minimum absolute atomic E-state index is 0.507. The molecule has 0 saturated carbocycles. The second-order valence-electron chi connectivity index (χ2n) is 5.36. The molecule has 0 aromatic carbocycles. The normalized spacial score (nSPS) is 15.0. The van der Waals surface area contributed by atoms with Gasteiger partial charge in [-0.15, -0.1) is 0 Å². The third-order valence-corrected chi connectivity index (χ3v) is 3.81. The average Bonchev–Trinajstić information content (AvgIpc) is 3.07. The van der Waals surface area contributed by atoms with E-state index in [-0.39, 0.29) is 0 Å². The second-order valence-corrected chi connectivity index (χ2v) is 5.36. The summed E-state index contributed by atoms with van der Waals surface area (Å²) in [6.07, 6.45) is 3.50. The predicted molar refractivity (Wildman–Crippen MR) is 89.7 cm³/mol. The molecule has 0 atom stereocenters. The SMILES string of the molecule is CNNc1nc(N2CCOCC2)n2nc(-c3ccncc3)cc2n1. The van der Waals surface area contributed by atoms with E-state index in [0.29, 0.717) is 19.2 Å². The molecule has 2 N–H and O–H groups in total. The molecule has 0 amide bonds. The van der Waals surface area contributed by atoms with E-state index >= 15 is 0 Å². The fourth-order valence-electron chi connectivity index (χ4n) is 2.67. The molecular weight excluding hydrogens is 308 g/mol. The Morgan fingerprint density at radius 2 is 1.92 bits per heavy atom. The smallest absolute Gasteiger partial charge is 0.242 e. The number of ether oxygens (including phenoxy) is 1. The molecule has 3 aromatic rings. The van der Waals surface area contributed by atoms with Crippen molar-refractivity contribution in [1.29, 1.82) is 0 Å². The third-order valence-electron chi connectivity index (χ3n) is 3.81. The largest absolute Gasteiger partial charge is 0.378 e. The van der Waals surface area contributed by atoms with Crippen molar-refractivity contribution in [2.24, 2.45) is 0 Å². The Kier molecular flexibility index (Phi) is 3.93. The summed E-state index contributed by atoms with van der Waals surface area (Å²) in [7, 11) is 1.78. The fourth-order valence-corrected chi connectivity index (χ4v) is 2.67. The van der Waals surface area contributed by atoms with Gasteiger partial charge in [0.1, 0.15) is 0 Å². The molecule has 1 aliphatic heterocycles. The summed E-state index contributed by atoms with van der Waals surface area (Å²) >= 11 is 0. The summed E-state index contributed by atoms with van der Waals surface area (Å²) in [5.41, 5.74) is 8.37. The first kappa shape index (κ1) is 14.8. The van der Waals surface area contributed by atoms with Crippen molar-refractivity contribution in [2.45, 2.75) is 0 Å². The highest BCUT2D eigenvalue weighted by Crippen LogP contribution is 2.22. The highest BCUT2D eigenvalue weighted by Gasteiger charge is 2.19. The van der Waals surface area contributed by atoms with Crippen LogP contribution in [0.1, 0.15) is 0 Å². The lowest BCUT2D eigenvalue weighted by Crippen LogP contribution is -2.38. The number of fused-ring (bicyclic) bond motifs is 1. The monoisotopic (exact) mass is 326 g/mol. The van der Waals surface area contributed by atoms with Gasteiger partial charge in [0.2, 0.25) is 11.9 Å². The Hall–Kier alpha value is -2.78. The van der Waals surface area contributed by atoms with E-state index in [1.54, 1.807) is 24.0 Å². The van der Waals surface area contributed by atoms with Crippen LogP contribution in [0.5, 0.6) is 0 Å². The number of pyridine rings is 1. The van der Waals surface area contributed by atoms with Gasteiger partial charge in [-0.25, -0.2) is 5.43 Å². The minimum Gasteiger partial charge on any atom is -0.378 e. The Balaban J connectivity index is 1.83. The van der Waals surface area contributed by atoms with E-state index in [2.05, 4.69) is 30.7 Å². The summed E-state index contributed by atoms with van der Waals surface area (Å²) in [5, 5.41) is 4.69. The number of morpholine rings is 1. The molecular formula is C15H18N8O. The molecule has 1 fully saturated rings. The van der Waals surface area contributed by atoms with E-state index in [9.17, 15) is 0 Å². The standard InChI is InChI=1S/C15H18N8O/c1-16-20-14-18-13-10-12(11-2-4-17-5-3-11)21-23(13)15(19-14)22-6-8-24-9-7-22/h2-5,10,16H,6-9H2,1H3,(H,18,20). The van der Waals surface area contributed by atoms with E-state index in [1.807, 2.05) is 18.2 Å². The van der Waals surface area contributed by atoms with E-state index < -0.39 is 0 Å².